The number of ether oxygens (including phenoxy) is 2. The first-order valence-electron chi connectivity index (χ1n) is 11.7. The Labute approximate surface area is 226 Å². The minimum absolute atomic E-state index is 0.0834. The normalized spacial score (nSPS) is 11.2. The summed E-state index contributed by atoms with van der Waals surface area (Å²) in [5.74, 6) is -1.28. The van der Waals surface area contributed by atoms with E-state index >= 15 is 0 Å². The molecular weight excluding hydrogens is 530 g/mol. The molecule has 0 fully saturated rings. The molecule has 0 aliphatic rings. The van der Waals surface area contributed by atoms with Crippen LogP contribution in [0.1, 0.15) is 43.4 Å². The number of thiazole rings is 1. The Bertz CT molecular complexity index is 1350. The van der Waals surface area contributed by atoms with Crippen LogP contribution in [0.25, 0.3) is 0 Å². The van der Waals surface area contributed by atoms with Crippen LogP contribution in [0.4, 0.5) is 0 Å². The fraction of sp³-hybridized carbons (Fsp3) is 0.346. The van der Waals surface area contributed by atoms with Gasteiger partial charge in [0.2, 0.25) is 0 Å². The van der Waals surface area contributed by atoms with Crippen molar-refractivity contribution >= 4 is 33.2 Å². The number of aliphatic hydroxyl groups excluding tert-OH is 1. The Morgan fingerprint density at radius 1 is 1.05 bits per heavy atom. The number of aliphatic hydroxyl groups is 1. The van der Waals surface area contributed by atoms with Crippen LogP contribution in [-0.4, -0.2) is 73.3 Å². The molecule has 0 unspecified atom stereocenters. The number of amides is 2. The van der Waals surface area contributed by atoms with Crippen molar-refractivity contribution in [2.24, 2.45) is 0 Å². The highest BCUT2D eigenvalue weighted by molar-refractivity contribution is 7.89. The van der Waals surface area contributed by atoms with E-state index in [1.54, 1.807) is 17.0 Å². The van der Waals surface area contributed by atoms with E-state index in [4.69, 9.17) is 14.6 Å². The number of aromatic nitrogens is 1. The minimum atomic E-state index is -4.15. The van der Waals surface area contributed by atoms with Crippen molar-refractivity contribution in [3.63, 3.8) is 0 Å². The van der Waals surface area contributed by atoms with Gasteiger partial charge in [-0.25, -0.2) is 17.7 Å². The molecule has 2 amide bonds. The highest BCUT2D eigenvalue weighted by atomic mass is 32.2. The largest absolute Gasteiger partial charge is 0.496 e. The molecule has 10 nitrogen and oxygen atoms in total. The van der Waals surface area contributed by atoms with Gasteiger partial charge in [0, 0.05) is 30.1 Å². The molecule has 1 heterocycles. The van der Waals surface area contributed by atoms with Crippen molar-refractivity contribution in [1.82, 2.24) is 14.2 Å². The maximum Gasteiger partial charge on any atom is 0.286 e. The van der Waals surface area contributed by atoms with Crippen molar-refractivity contribution in [2.75, 3.05) is 33.8 Å². The molecule has 204 valence electrons. The molecule has 0 saturated carbocycles. The van der Waals surface area contributed by atoms with Crippen molar-refractivity contribution in [2.45, 2.75) is 26.3 Å². The zero-order chi connectivity index (χ0) is 27.9. The Morgan fingerprint density at radius 3 is 2.26 bits per heavy atom. The highest BCUT2D eigenvalue weighted by Crippen LogP contribution is 2.30. The summed E-state index contributed by atoms with van der Waals surface area (Å²) >= 11 is 1.14. The summed E-state index contributed by atoms with van der Waals surface area (Å²) in [7, 11) is -0.0411. The number of carbonyl (C=O) groups is 2. The average Bonchev–Trinajstić information content (AvgIpc) is 3.40. The first kappa shape index (κ1) is 29.1. The molecule has 0 bridgehead atoms. The molecule has 12 heteroatoms. The van der Waals surface area contributed by atoms with E-state index in [2.05, 4.69) is 4.98 Å². The number of aryl methyl sites for hydroxylation is 1. The lowest BCUT2D eigenvalue weighted by Crippen LogP contribution is -2.35. The predicted octanol–water partition coefficient (Wildman–Crippen LogP) is 3.10. The molecular formula is C26H31N3O7S2. The number of sulfonamides is 1. The summed E-state index contributed by atoms with van der Waals surface area (Å²) in [6.07, 6.45) is 1.45. The lowest BCUT2D eigenvalue weighted by atomic mass is 10.1. The lowest BCUT2D eigenvalue weighted by molar-refractivity contribution is 0.0740. The molecule has 0 aliphatic carbocycles. The third-order valence-electron chi connectivity index (χ3n) is 5.99. The van der Waals surface area contributed by atoms with Crippen molar-refractivity contribution in [3.05, 3.63) is 75.2 Å². The molecule has 0 atom stereocenters. The van der Waals surface area contributed by atoms with Crippen LogP contribution in [0, 0.1) is 6.92 Å². The number of hydrogen-bond donors (Lipinski definition) is 1. The number of nitrogens with zero attached hydrogens (tertiary/aromatic N) is 3. The second kappa shape index (κ2) is 12.9. The Morgan fingerprint density at radius 2 is 1.68 bits per heavy atom. The van der Waals surface area contributed by atoms with Gasteiger partial charge in [-0.3, -0.25) is 9.59 Å². The predicted molar refractivity (Wildman–Crippen MR) is 144 cm³/mol. The molecule has 3 aromatic rings. The summed E-state index contributed by atoms with van der Waals surface area (Å²) in [4.78, 5) is 32.2. The quantitative estimate of drug-likeness (QED) is 0.358. The van der Waals surface area contributed by atoms with Gasteiger partial charge in [-0.15, -0.1) is 11.3 Å². The summed E-state index contributed by atoms with van der Waals surface area (Å²) in [6, 6.07) is 13.2. The van der Waals surface area contributed by atoms with Gasteiger partial charge in [0.05, 0.1) is 20.8 Å². The number of hydrogen-bond acceptors (Lipinski definition) is 9. The molecule has 1 aromatic heterocycles. The van der Waals surface area contributed by atoms with Crippen LogP contribution >= 0.6 is 11.3 Å². The summed E-state index contributed by atoms with van der Waals surface area (Å²) < 4.78 is 35.1. The molecule has 0 aliphatic heterocycles. The van der Waals surface area contributed by atoms with Crippen molar-refractivity contribution in [3.8, 4) is 11.5 Å². The molecule has 0 spiro atoms. The van der Waals surface area contributed by atoms with Gasteiger partial charge < -0.3 is 19.5 Å². The van der Waals surface area contributed by atoms with Gasteiger partial charge >= 0.3 is 0 Å². The van der Waals surface area contributed by atoms with Crippen molar-refractivity contribution < 1.29 is 32.6 Å². The fourth-order valence-electron chi connectivity index (χ4n) is 3.78. The van der Waals surface area contributed by atoms with E-state index in [1.165, 1.54) is 19.6 Å². The molecule has 3 rings (SSSR count). The molecule has 1 N–H and O–H groups in total. The Hall–Kier alpha value is -3.48. The SMILES string of the molecule is COc1cc(C(=O)N(CCCc2ccccc2)Cc2nc(C(=O)N(C)S(=O)(=O)CO)cs2)cc(OC)c1C. The number of methoxy groups -OCH3 is 2. The average molecular weight is 562 g/mol. The van der Waals surface area contributed by atoms with E-state index in [9.17, 15) is 18.0 Å². The van der Waals surface area contributed by atoms with E-state index in [0.717, 1.165) is 35.9 Å². The number of rotatable bonds is 12. The van der Waals surface area contributed by atoms with Crippen LogP contribution < -0.4 is 9.47 Å². The Kier molecular flexibility index (Phi) is 9.84. The van der Waals surface area contributed by atoms with Gasteiger partial charge in [0.1, 0.15) is 22.2 Å². The topological polar surface area (TPSA) is 126 Å². The molecule has 0 saturated heterocycles. The van der Waals surface area contributed by atoms with Gasteiger partial charge in [0.25, 0.3) is 21.8 Å². The molecule has 38 heavy (non-hydrogen) atoms. The van der Waals surface area contributed by atoms with E-state index in [0.29, 0.717) is 39.3 Å². The minimum Gasteiger partial charge on any atom is -0.496 e. The Balaban J connectivity index is 1.86. The second-order valence-electron chi connectivity index (χ2n) is 8.46. The van der Waals surface area contributed by atoms with Gasteiger partial charge in [-0.2, -0.15) is 0 Å². The van der Waals surface area contributed by atoms with Crippen LogP contribution in [0.5, 0.6) is 11.5 Å². The maximum absolute atomic E-state index is 13.7. The van der Waals surface area contributed by atoms with Crippen LogP contribution in [0.15, 0.2) is 47.8 Å². The molecule has 2 aromatic carbocycles. The number of benzene rings is 2. The van der Waals surface area contributed by atoms with E-state index < -0.39 is 21.9 Å². The first-order chi connectivity index (χ1) is 18.1. The summed E-state index contributed by atoms with van der Waals surface area (Å²) in [5, 5.41) is 10.9. The van der Waals surface area contributed by atoms with E-state index in [-0.39, 0.29) is 18.1 Å². The third kappa shape index (κ3) is 6.88. The van der Waals surface area contributed by atoms with Gasteiger partial charge in [0.15, 0.2) is 5.94 Å². The maximum atomic E-state index is 13.7. The lowest BCUT2D eigenvalue weighted by Gasteiger charge is -2.23. The van der Waals surface area contributed by atoms with Gasteiger partial charge in [-0.05, 0) is 37.5 Å². The summed E-state index contributed by atoms with van der Waals surface area (Å²) in [6.45, 7) is 2.36. The fourth-order valence-corrected chi connectivity index (χ4v) is 5.08. The van der Waals surface area contributed by atoms with Crippen LogP contribution in [-0.2, 0) is 23.0 Å². The highest BCUT2D eigenvalue weighted by Gasteiger charge is 2.26. The van der Waals surface area contributed by atoms with Crippen molar-refractivity contribution in [1.29, 1.82) is 0 Å². The van der Waals surface area contributed by atoms with Crippen LogP contribution in [0.2, 0.25) is 0 Å². The zero-order valence-corrected chi connectivity index (χ0v) is 23.3. The first-order valence-corrected chi connectivity index (χ1v) is 14.2. The van der Waals surface area contributed by atoms with E-state index in [1.807, 2.05) is 37.3 Å². The third-order valence-corrected chi connectivity index (χ3v) is 8.15. The molecule has 0 radical (unpaired) electrons. The summed E-state index contributed by atoms with van der Waals surface area (Å²) in [5.41, 5.74) is 2.21. The second-order valence-corrected chi connectivity index (χ2v) is 11.4. The van der Waals surface area contributed by atoms with Crippen LogP contribution in [0.3, 0.4) is 0 Å². The standard InChI is InChI=1S/C26H31N3O7S2/c1-18-22(35-3)13-20(14-23(18)36-4)25(31)29(12-8-11-19-9-6-5-7-10-19)15-24-27-21(16-37-24)26(32)28(2)38(33,34)17-30/h5-7,9-10,13-14,16,30H,8,11-12,15,17H2,1-4H3. The van der Waals surface area contributed by atoms with Gasteiger partial charge in [-0.1, -0.05) is 30.3 Å². The smallest absolute Gasteiger partial charge is 0.286 e. The monoisotopic (exact) mass is 561 g/mol. The zero-order valence-electron chi connectivity index (χ0n) is 21.7. The number of carbonyl (C=O) groups excluding carboxylic acids is 2.